The molecule has 0 saturated heterocycles. The number of carbonyl (C=O) groups is 2. The van der Waals surface area contributed by atoms with Gasteiger partial charge in [-0.15, -0.1) is 0 Å². The Morgan fingerprint density at radius 1 is 0.935 bits per heavy atom. The Morgan fingerprint density at radius 2 is 1.71 bits per heavy atom. The molecule has 0 atom stereocenters. The summed E-state index contributed by atoms with van der Waals surface area (Å²) in [6, 6.07) is 17.0. The maximum absolute atomic E-state index is 12.7. The lowest BCUT2D eigenvalue weighted by atomic mass is 10.1. The Bertz CT molecular complexity index is 1130. The average molecular weight is 418 g/mol. The molecule has 31 heavy (non-hydrogen) atoms. The van der Waals surface area contributed by atoms with Gasteiger partial charge in [-0.1, -0.05) is 18.2 Å². The summed E-state index contributed by atoms with van der Waals surface area (Å²) in [4.78, 5) is 29.6. The lowest BCUT2D eigenvalue weighted by molar-refractivity contribution is 0.0956. The average Bonchev–Trinajstić information content (AvgIpc) is 2.78. The topological polar surface area (TPSA) is 102 Å². The molecule has 2 amide bonds. The van der Waals surface area contributed by atoms with Crippen LogP contribution in [0.15, 0.2) is 65.8 Å². The fourth-order valence-electron chi connectivity index (χ4n) is 2.82. The summed E-state index contributed by atoms with van der Waals surface area (Å²) in [6.07, 6.45) is 1.45. The molecule has 2 N–H and O–H groups in total. The lowest BCUT2D eigenvalue weighted by Gasteiger charge is -2.12. The minimum absolute atomic E-state index is 0.269. The largest absolute Gasteiger partial charge is 0.493 e. The third-order valence-corrected chi connectivity index (χ3v) is 4.34. The molecular formula is C23H22N4O4. The summed E-state index contributed by atoms with van der Waals surface area (Å²) in [5, 5.41) is 6.70. The van der Waals surface area contributed by atoms with Gasteiger partial charge in [-0.05, 0) is 49.4 Å². The number of para-hydroxylation sites is 1. The van der Waals surface area contributed by atoms with Crippen molar-refractivity contribution in [1.82, 2.24) is 10.4 Å². The first-order valence-corrected chi connectivity index (χ1v) is 9.41. The van der Waals surface area contributed by atoms with E-state index in [1.54, 1.807) is 48.5 Å². The summed E-state index contributed by atoms with van der Waals surface area (Å²) < 4.78 is 10.4. The Hall–Kier alpha value is -4.20. The molecule has 0 radical (unpaired) electrons. The highest BCUT2D eigenvalue weighted by Crippen LogP contribution is 2.28. The number of ether oxygens (including phenoxy) is 2. The van der Waals surface area contributed by atoms with Crippen LogP contribution < -0.4 is 20.2 Å². The summed E-state index contributed by atoms with van der Waals surface area (Å²) in [5.41, 5.74) is 4.90. The van der Waals surface area contributed by atoms with Crippen LogP contribution in [0, 0.1) is 6.92 Å². The summed E-state index contributed by atoms with van der Waals surface area (Å²) in [6.45, 7) is 1.87. The Morgan fingerprint density at radius 3 is 2.45 bits per heavy atom. The van der Waals surface area contributed by atoms with E-state index in [1.165, 1.54) is 20.4 Å². The van der Waals surface area contributed by atoms with Crippen molar-refractivity contribution in [2.24, 2.45) is 5.10 Å². The molecule has 0 bridgehead atoms. The van der Waals surface area contributed by atoms with Gasteiger partial charge in [-0.25, -0.2) is 5.43 Å². The monoisotopic (exact) mass is 418 g/mol. The van der Waals surface area contributed by atoms with Crippen LogP contribution in [0.3, 0.4) is 0 Å². The van der Waals surface area contributed by atoms with E-state index in [9.17, 15) is 9.59 Å². The number of benzene rings is 2. The van der Waals surface area contributed by atoms with Crippen LogP contribution in [-0.2, 0) is 0 Å². The number of amides is 2. The van der Waals surface area contributed by atoms with Crippen molar-refractivity contribution in [3.05, 3.63) is 83.2 Å². The molecule has 3 aromatic rings. The molecule has 8 nitrogen and oxygen atoms in total. The van der Waals surface area contributed by atoms with Gasteiger partial charge in [-0.2, -0.15) is 5.10 Å². The van der Waals surface area contributed by atoms with Gasteiger partial charge >= 0.3 is 0 Å². The molecule has 8 heteroatoms. The van der Waals surface area contributed by atoms with E-state index in [0.29, 0.717) is 28.4 Å². The molecule has 0 aliphatic rings. The van der Waals surface area contributed by atoms with Crippen molar-refractivity contribution in [2.75, 3.05) is 19.5 Å². The van der Waals surface area contributed by atoms with E-state index in [0.717, 1.165) is 5.69 Å². The number of nitrogens with zero attached hydrogens (tertiary/aromatic N) is 2. The molecule has 0 unspecified atom stereocenters. The van der Waals surface area contributed by atoms with Gasteiger partial charge in [0, 0.05) is 11.3 Å². The van der Waals surface area contributed by atoms with Gasteiger partial charge in [0.25, 0.3) is 11.8 Å². The quantitative estimate of drug-likeness (QED) is 0.452. The lowest BCUT2D eigenvalue weighted by Crippen LogP contribution is -2.21. The van der Waals surface area contributed by atoms with E-state index in [2.05, 4.69) is 20.8 Å². The highest BCUT2D eigenvalue weighted by molar-refractivity contribution is 6.09. The van der Waals surface area contributed by atoms with E-state index in [4.69, 9.17) is 9.47 Å². The van der Waals surface area contributed by atoms with Crippen LogP contribution in [0.4, 0.5) is 5.69 Å². The molecule has 0 saturated carbocycles. The van der Waals surface area contributed by atoms with Crippen molar-refractivity contribution >= 4 is 23.7 Å². The Balaban J connectivity index is 1.74. The van der Waals surface area contributed by atoms with Crippen LogP contribution in [0.1, 0.15) is 32.1 Å². The first-order valence-electron chi connectivity index (χ1n) is 9.41. The number of anilines is 1. The fourth-order valence-corrected chi connectivity index (χ4v) is 2.82. The highest BCUT2D eigenvalue weighted by Gasteiger charge is 2.15. The molecule has 0 fully saturated rings. The minimum atomic E-state index is -0.466. The first kappa shape index (κ1) is 21.5. The number of rotatable bonds is 7. The smallest absolute Gasteiger partial charge is 0.273 e. The second-order valence-electron chi connectivity index (χ2n) is 6.47. The Labute approximate surface area is 179 Å². The molecular weight excluding hydrogens is 396 g/mol. The van der Waals surface area contributed by atoms with E-state index < -0.39 is 11.8 Å². The predicted molar refractivity (Wildman–Crippen MR) is 118 cm³/mol. The molecule has 3 rings (SSSR count). The zero-order valence-corrected chi connectivity index (χ0v) is 17.4. The molecule has 0 aliphatic heterocycles. The number of aromatic nitrogens is 1. The third-order valence-electron chi connectivity index (χ3n) is 4.34. The van der Waals surface area contributed by atoms with Crippen molar-refractivity contribution in [1.29, 1.82) is 0 Å². The van der Waals surface area contributed by atoms with Gasteiger partial charge in [0.2, 0.25) is 0 Å². The zero-order valence-electron chi connectivity index (χ0n) is 17.4. The molecule has 2 aromatic carbocycles. The van der Waals surface area contributed by atoms with E-state index in [-0.39, 0.29) is 5.56 Å². The maximum Gasteiger partial charge on any atom is 0.273 e. The second kappa shape index (κ2) is 10.0. The number of carbonyl (C=O) groups excluding carboxylic acids is 2. The summed E-state index contributed by atoms with van der Waals surface area (Å²) >= 11 is 0. The van der Waals surface area contributed by atoms with Crippen molar-refractivity contribution in [2.45, 2.75) is 6.92 Å². The van der Waals surface area contributed by atoms with Gasteiger partial charge in [0.15, 0.2) is 11.5 Å². The third kappa shape index (κ3) is 5.45. The predicted octanol–water partition coefficient (Wildman–Crippen LogP) is 3.42. The zero-order chi connectivity index (χ0) is 22.2. The summed E-state index contributed by atoms with van der Waals surface area (Å²) in [5.74, 6) is 0.0841. The second-order valence-corrected chi connectivity index (χ2v) is 6.47. The number of pyridine rings is 1. The molecule has 158 valence electrons. The van der Waals surface area contributed by atoms with E-state index in [1.807, 2.05) is 19.1 Å². The molecule has 0 aliphatic carbocycles. The van der Waals surface area contributed by atoms with Gasteiger partial charge in [-0.3, -0.25) is 14.6 Å². The Kier molecular flexibility index (Phi) is 6.95. The van der Waals surface area contributed by atoms with Gasteiger partial charge in [0.1, 0.15) is 0 Å². The van der Waals surface area contributed by atoms with Crippen LogP contribution in [0.2, 0.25) is 0 Å². The number of methoxy groups -OCH3 is 2. The van der Waals surface area contributed by atoms with Gasteiger partial charge < -0.3 is 14.8 Å². The van der Waals surface area contributed by atoms with Crippen LogP contribution >= 0.6 is 0 Å². The minimum Gasteiger partial charge on any atom is -0.493 e. The van der Waals surface area contributed by atoms with Gasteiger partial charge in [0.05, 0.1) is 37.4 Å². The van der Waals surface area contributed by atoms with Crippen LogP contribution in [0.5, 0.6) is 11.5 Å². The maximum atomic E-state index is 12.7. The molecule has 0 spiro atoms. The number of hydrogen-bond donors (Lipinski definition) is 2. The number of aryl methyl sites for hydroxylation is 1. The number of nitrogens with one attached hydrogen (secondary N) is 2. The summed E-state index contributed by atoms with van der Waals surface area (Å²) in [7, 11) is 3.01. The number of hydrazone groups is 1. The van der Waals surface area contributed by atoms with Crippen molar-refractivity contribution < 1.29 is 19.1 Å². The molecule has 1 aromatic heterocycles. The first-order chi connectivity index (χ1) is 15.0. The van der Waals surface area contributed by atoms with Crippen LogP contribution in [-0.4, -0.2) is 37.2 Å². The van der Waals surface area contributed by atoms with Crippen molar-refractivity contribution in [3.63, 3.8) is 0 Å². The SMILES string of the molecule is COc1ccc(C(=O)Nc2ccccc2C(=O)N/N=C/c2cccc(C)n2)cc1OC. The van der Waals surface area contributed by atoms with E-state index >= 15 is 0 Å². The van der Waals surface area contributed by atoms with Crippen LogP contribution in [0.25, 0.3) is 0 Å². The normalized spacial score (nSPS) is 10.5. The number of hydrogen-bond acceptors (Lipinski definition) is 6. The fraction of sp³-hybridized carbons (Fsp3) is 0.130. The standard InChI is InChI=1S/C23H22N4O4/c1-15-7-6-8-17(25-15)14-24-27-23(29)18-9-4-5-10-19(18)26-22(28)16-11-12-20(30-2)21(13-16)31-3/h4-14H,1-3H3,(H,26,28)(H,27,29)/b24-14+. The molecule has 1 heterocycles. The highest BCUT2D eigenvalue weighted by atomic mass is 16.5. The van der Waals surface area contributed by atoms with Crippen molar-refractivity contribution in [3.8, 4) is 11.5 Å².